The number of benzene rings is 2. The SMILES string of the molecule is CCN(C(=O)c1ccccc1[N+](=O)[O-])c1cc(C)cc(C)c1. The lowest BCUT2D eigenvalue weighted by Gasteiger charge is -2.22. The van der Waals surface area contributed by atoms with Crippen LogP contribution in [-0.2, 0) is 0 Å². The van der Waals surface area contributed by atoms with Crippen LogP contribution in [0.25, 0.3) is 0 Å². The van der Waals surface area contributed by atoms with Crippen molar-refractivity contribution in [2.45, 2.75) is 20.8 Å². The van der Waals surface area contributed by atoms with Crippen LogP contribution in [0.3, 0.4) is 0 Å². The van der Waals surface area contributed by atoms with Gasteiger partial charge in [0.05, 0.1) is 4.92 Å². The van der Waals surface area contributed by atoms with Gasteiger partial charge >= 0.3 is 0 Å². The molecule has 0 unspecified atom stereocenters. The Morgan fingerprint density at radius 2 is 1.73 bits per heavy atom. The van der Waals surface area contributed by atoms with Gasteiger partial charge in [0.1, 0.15) is 5.56 Å². The van der Waals surface area contributed by atoms with Gasteiger partial charge in [-0.2, -0.15) is 0 Å². The summed E-state index contributed by atoms with van der Waals surface area (Å²) in [6.07, 6.45) is 0. The minimum absolute atomic E-state index is 0.105. The molecule has 0 saturated carbocycles. The van der Waals surface area contributed by atoms with E-state index in [9.17, 15) is 14.9 Å². The molecule has 0 spiro atoms. The number of nitro groups is 1. The number of carbonyl (C=O) groups is 1. The summed E-state index contributed by atoms with van der Waals surface area (Å²) < 4.78 is 0. The van der Waals surface area contributed by atoms with Crippen LogP contribution in [0.4, 0.5) is 11.4 Å². The third-order valence-electron chi connectivity index (χ3n) is 3.41. The molecular weight excluding hydrogens is 280 g/mol. The molecule has 0 bridgehead atoms. The van der Waals surface area contributed by atoms with Crippen molar-refractivity contribution in [2.75, 3.05) is 11.4 Å². The third kappa shape index (κ3) is 3.14. The number of nitro benzene ring substituents is 1. The highest BCUT2D eigenvalue weighted by atomic mass is 16.6. The Labute approximate surface area is 129 Å². The lowest BCUT2D eigenvalue weighted by atomic mass is 10.1. The van der Waals surface area contributed by atoms with Crippen molar-refractivity contribution in [3.8, 4) is 0 Å². The standard InChI is InChI=1S/C17H18N2O3/c1-4-18(14-10-12(2)9-13(3)11-14)17(20)15-7-5-6-8-16(15)19(21)22/h5-11H,4H2,1-3H3. The molecule has 114 valence electrons. The monoisotopic (exact) mass is 298 g/mol. The normalized spacial score (nSPS) is 10.3. The van der Waals surface area contributed by atoms with Gasteiger partial charge in [0.2, 0.25) is 0 Å². The summed E-state index contributed by atoms with van der Waals surface area (Å²) in [7, 11) is 0. The predicted molar refractivity (Wildman–Crippen MR) is 86.4 cm³/mol. The van der Waals surface area contributed by atoms with Crippen molar-refractivity contribution in [3.05, 3.63) is 69.3 Å². The topological polar surface area (TPSA) is 63.5 Å². The van der Waals surface area contributed by atoms with Crippen molar-refractivity contribution in [1.29, 1.82) is 0 Å². The molecule has 0 saturated heterocycles. The number of anilines is 1. The third-order valence-corrected chi connectivity index (χ3v) is 3.41. The molecule has 2 aromatic rings. The van der Waals surface area contributed by atoms with Crippen molar-refractivity contribution in [3.63, 3.8) is 0 Å². The Morgan fingerprint density at radius 3 is 2.27 bits per heavy atom. The van der Waals surface area contributed by atoms with Gasteiger partial charge < -0.3 is 4.90 Å². The van der Waals surface area contributed by atoms with Gasteiger partial charge in [-0.05, 0) is 50.1 Å². The van der Waals surface area contributed by atoms with E-state index in [1.54, 1.807) is 17.0 Å². The van der Waals surface area contributed by atoms with Crippen LogP contribution >= 0.6 is 0 Å². The van der Waals surface area contributed by atoms with Gasteiger partial charge in [-0.15, -0.1) is 0 Å². The van der Waals surface area contributed by atoms with Gasteiger partial charge in [-0.25, -0.2) is 0 Å². The summed E-state index contributed by atoms with van der Waals surface area (Å²) >= 11 is 0. The van der Waals surface area contributed by atoms with Gasteiger partial charge in [0.15, 0.2) is 0 Å². The number of carbonyl (C=O) groups excluding carboxylic acids is 1. The maximum absolute atomic E-state index is 12.7. The van der Waals surface area contributed by atoms with Crippen LogP contribution in [0.15, 0.2) is 42.5 Å². The van der Waals surface area contributed by atoms with E-state index in [-0.39, 0.29) is 17.2 Å². The Balaban J connectivity index is 2.48. The molecule has 0 heterocycles. The minimum Gasteiger partial charge on any atom is -0.308 e. The fourth-order valence-corrected chi connectivity index (χ4v) is 2.51. The van der Waals surface area contributed by atoms with Gasteiger partial charge in [0.25, 0.3) is 11.6 Å². The largest absolute Gasteiger partial charge is 0.308 e. The molecule has 0 aliphatic rings. The molecular formula is C17H18N2O3. The van der Waals surface area contributed by atoms with Gasteiger partial charge in [-0.3, -0.25) is 14.9 Å². The van der Waals surface area contributed by atoms with Crippen LogP contribution in [-0.4, -0.2) is 17.4 Å². The van der Waals surface area contributed by atoms with Crippen LogP contribution in [0, 0.1) is 24.0 Å². The van der Waals surface area contributed by atoms with E-state index in [4.69, 9.17) is 0 Å². The lowest BCUT2D eigenvalue weighted by molar-refractivity contribution is -0.385. The molecule has 2 rings (SSSR count). The molecule has 2 aromatic carbocycles. The zero-order valence-electron chi connectivity index (χ0n) is 12.9. The summed E-state index contributed by atoms with van der Waals surface area (Å²) in [6.45, 7) is 6.21. The average Bonchev–Trinajstić information content (AvgIpc) is 2.46. The van der Waals surface area contributed by atoms with E-state index < -0.39 is 4.92 Å². The van der Waals surface area contributed by atoms with Crippen LogP contribution in [0.2, 0.25) is 0 Å². The van der Waals surface area contributed by atoms with E-state index in [0.29, 0.717) is 6.54 Å². The predicted octanol–water partition coefficient (Wildman–Crippen LogP) is 3.88. The molecule has 5 heteroatoms. The summed E-state index contributed by atoms with van der Waals surface area (Å²) in [5.74, 6) is -0.361. The quantitative estimate of drug-likeness (QED) is 0.635. The number of nitrogens with zero attached hydrogens (tertiary/aromatic N) is 2. The van der Waals surface area contributed by atoms with Gasteiger partial charge in [-0.1, -0.05) is 18.2 Å². The Morgan fingerprint density at radius 1 is 1.14 bits per heavy atom. The molecule has 0 aliphatic carbocycles. The summed E-state index contributed by atoms with van der Waals surface area (Å²) in [5.41, 5.74) is 2.78. The number of hydrogen-bond acceptors (Lipinski definition) is 3. The highest BCUT2D eigenvalue weighted by molar-refractivity contribution is 6.08. The Kier molecular flexibility index (Phi) is 4.56. The van der Waals surface area contributed by atoms with Crippen LogP contribution in [0.5, 0.6) is 0 Å². The average molecular weight is 298 g/mol. The highest BCUT2D eigenvalue weighted by Gasteiger charge is 2.24. The molecule has 0 aliphatic heterocycles. The first-order chi connectivity index (χ1) is 10.4. The van der Waals surface area contributed by atoms with Crippen LogP contribution < -0.4 is 4.90 Å². The van der Waals surface area contributed by atoms with Crippen molar-refractivity contribution < 1.29 is 9.72 Å². The summed E-state index contributed by atoms with van der Waals surface area (Å²) in [4.78, 5) is 24.9. The minimum atomic E-state index is -0.525. The van der Waals surface area contributed by atoms with Gasteiger partial charge in [0, 0.05) is 18.3 Å². The van der Waals surface area contributed by atoms with Crippen molar-refractivity contribution in [2.24, 2.45) is 0 Å². The second-order valence-corrected chi connectivity index (χ2v) is 5.17. The zero-order valence-corrected chi connectivity index (χ0v) is 12.9. The first kappa shape index (κ1) is 15.7. The molecule has 0 atom stereocenters. The van der Waals surface area contributed by atoms with E-state index >= 15 is 0 Å². The molecule has 1 amide bonds. The first-order valence-electron chi connectivity index (χ1n) is 7.07. The lowest BCUT2D eigenvalue weighted by Crippen LogP contribution is -2.31. The van der Waals surface area contributed by atoms with Crippen molar-refractivity contribution >= 4 is 17.3 Å². The maximum Gasteiger partial charge on any atom is 0.282 e. The Bertz CT molecular complexity index is 705. The maximum atomic E-state index is 12.7. The number of rotatable bonds is 4. The first-order valence-corrected chi connectivity index (χ1v) is 7.07. The second kappa shape index (κ2) is 6.39. The molecule has 0 radical (unpaired) electrons. The van der Waals surface area contributed by atoms with E-state index in [1.165, 1.54) is 12.1 Å². The fraction of sp³-hybridized carbons (Fsp3) is 0.235. The highest BCUT2D eigenvalue weighted by Crippen LogP contribution is 2.24. The fourth-order valence-electron chi connectivity index (χ4n) is 2.51. The number of para-hydroxylation sites is 1. The van der Waals surface area contributed by atoms with Crippen LogP contribution in [0.1, 0.15) is 28.4 Å². The van der Waals surface area contributed by atoms with Crippen molar-refractivity contribution in [1.82, 2.24) is 0 Å². The van der Waals surface area contributed by atoms with E-state index in [0.717, 1.165) is 16.8 Å². The second-order valence-electron chi connectivity index (χ2n) is 5.17. The molecule has 0 aromatic heterocycles. The summed E-state index contributed by atoms with van der Waals surface area (Å²) in [6, 6.07) is 11.9. The van der Waals surface area contributed by atoms with E-state index in [1.807, 2.05) is 39.0 Å². The Hall–Kier alpha value is -2.69. The van der Waals surface area contributed by atoms with E-state index in [2.05, 4.69) is 0 Å². The molecule has 5 nitrogen and oxygen atoms in total. The molecule has 22 heavy (non-hydrogen) atoms. The number of amides is 1. The zero-order chi connectivity index (χ0) is 16.3. The number of aryl methyl sites for hydroxylation is 2. The molecule has 0 N–H and O–H groups in total. The summed E-state index contributed by atoms with van der Waals surface area (Å²) in [5, 5.41) is 11.1. The number of hydrogen-bond donors (Lipinski definition) is 0. The molecule has 0 fully saturated rings. The smallest absolute Gasteiger partial charge is 0.282 e.